The van der Waals surface area contributed by atoms with Crippen molar-refractivity contribution in [2.24, 2.45) is 16.9 Å². The molecule has 1 aliphatic heterocycles. The second kappa shape index (κ2) is 9.27. The molecule has 0 N–H and O–H groups in total. The van der Waals surface area contributed by atoms with Gasteiger partial charge in [0.1, 0.15) is 12.4 Å². The first-order valence-corrected chi connectivity index (χ1v) is 14.0. The number of hydrogen-bond acceptors (Lipinski definition) is 4. The third-order valence-corrected chi connectivity index (χ3v) is 8.88. The Labute approximate surface area is 237 Å². The largest absolute Gasteiger partial charge is 0.489 e. The van der Waals surface area contributed by atoms with E-state index in [1.54, 1.807) is 6.21 Å². The molecule has 198 valence electrons. The predicted octanol–water partition coefficient (Wildman–Crippen LogP) is 6.64. The molecule has 2 bridgehead atoms. The van der Waals surface area contributed by atoms with Crippen LogP contribution in [0, 0.1) is 11.8 Å². The number of benzene rings is 5. The monoisotopic (exact) mass is 534 g/mol. The number of imide groups is 1. The van der Waals surface area contributed by atoms with Gasteiger partial charge in [0.15, 0.2) is 0 Å². The summed E-state index contributed by atoms with van der Waals surface area (Å²) in [6.07, 6.45) is 1.58. The Bertz CT molecular complexity index is 1770. The zero-order valence-electron chi connectivity index (χ0n) is 22.2. The van der Waals surface area contributed by atoms with E-state index in [4.69, 9.17) is 4.74 Å². The van der Waals surface area contributed by atoms with Crippen LogP contribution in [0.2, 0.25) is 0 Å². The summed E-state index contributed by atoms with van der Waals surface area (Å²) in [7, 11) is 0. The van der Waals surface area contributed by atoms with E-state index in [2.05, 4.69) is 53.6 Å². The van der Waals surface area contributed by atoms with Crippen LogP contribution in [-0.2, 0) is 16.2 Å². The number of nitrogens with zero attached hydrogens (tertiary/aromatic N) is 2. The summed E-state index contributed by atoms with van der Waals surface area (Å²) in [6, 6.07) is 38.5. The second-order valence-corrected chi connectivity index (χ2v) is 11.0. The van der Waals surface area contributed by atoms with Crippen LogP contribution in [0.5, 0.6) is 5.75 Å². The summed E-state index contributed by atoms with van der Waals surface area (Å²) in [6.45, 7) is 0.429. The number of hydrogen-bond donors (Lipinski definition) is 0. The van der Waals surface area contributed by atoms with Gasteiger partial charge in [-0.3, -0.25) is 9.59 Å². The minimum Gasteiger partial charge on any atom is -0.489 e. The average Bonchev–Trinajstić information content (AvgIpc) is 3.28. The van der Waals surface area contributed by atoms with E-state index in [0.29, 0.717) is 12.4 Å². The minimum atomic E-state index is -0.440. The maximum Gasteiger partial charge on any atom is 0.254 e. The molecule has 1 heterocycles. The molecule has 0 unspecified atom stereocenters. The molecule has 5 nitrogen and oxygen atoms in total. The third-order valence-electron chi connectivity index (χ3n) is 8.88. The summed E-state index contributed by atoms with van der Waals surface area (Å²) in [5.41, 5.74) is 6.47. The SMILES string of the molecule is O=C1[C@@H]2C3c4ccccc4C(c4ccccc43)[C@@H]2C(=O)N1/N=C\c1cccc(OCc2cccc3ccccc23)c1. The number of hydrazone groups is 1. The highest BCUT2D eigenvalue weighted by Gasteiger charge is 2.61. The van der Waals surface area contributed by atoms with Crippen molar-refractivity contribution in [2.75, 3.05) is 0 Å². The van der Waals surface area contributed by atoms with Crippen LogP contribution in [0.1, 0.15) is 45.2 Å². The van der Waals surface area contributed by atoms with Crippen LogP contribution < -0.4 is 4.74 Å². The average molecular weight is 535 g/mol. The molecule has 2 amide bonds. The summed E-state index contributed by atoms with van der Waals surface area (Å²) in [5, 5.41) is 7.90. The molecule has 0 aromatic heterocycles. The molecule has 2 atom stereocenters. The summed E-state index contributed by atoms with van der Waals surface area (Å²) >= 11 is 0. The molecule has 9 rings (SSSR count). The van der Waals surface area contributed by atoms with Crippen molar-refractivity contribution >= 4 is 28.8 Å². The summed E-state index contributed by atoms with van der Waals surface area (Å²) < 4.78 is 6.13. The first-order valence-electron chi connectivity index (χ1n) is 14.0. The lowest BCUT2D eigenvalue weighted by Crippen LogP contribution is -2.41. The Hall–Kier alpha value is -5.03. The van der Waals surface area contributed by atoms with Gasteiger partial charge in [-0.1, -0.05) is 103 Å². The van der Waals surface area contributed by atoms with E-state index >= 15 is 0 Å². The molecular formula is C36H26N2O3. The smallest absolute Gasteiger partial charge is 0.254 e. The molecule has 4 aliphatic rings. The molecule has 5 aromatic carbocycles. The van der Waals surface area contributed by atoms with Gasteiger partial charge in [0.25, 0.3) is 11.8 Å². The standard InChI is InChI=1S/C36H26N2O3/c39-35-33-31-27-15-3-4-16-28(27)32(30-18-6-5-17-29(30)31)34(33)36(40)38(35)37-20-22-9-7-13-25(19-22)41-21-24-12-8-11-23-10-1-2-14-26(23)24/h1-20,31-34H,21H2/b37-20-/t31?,32?,33-,34+. The van der Waals surface area contributed by atoms with Crippen molar-refractivity contribution in [1.29, 1.82) is 0 Å². The van der Waals surface area contributed by atoms with Crippen LogP contribution in [0.3, 0.4) is 0 Å². The van der Waals surface area contributed by atoms with Crippen LogP contribution in [-0.4, -0.2) is 23.0 Å². The van der Waals surface area contributed by atoms with Gasteiger partial charge in [-0.15, -0.1) is 0 Å². The van der Waals surface area contributed by atoms with Crippen molar-refractivity contribution in [3.05, 3.63) is 149 Å². The van der Waals surface area contributed by atoms with Crippen molar-refractivity contribution in [3.63, 3.8) is 0 Å². The van der Waals surface area contributed by atoms with Crippen molar-refractivity contribution in [3.8, 4) is 5.75 Å². The molecule has 5 heteroatoms. The maximum absolute atomic E-state index is 13.8. The van der Waals surface area contributed by atoms with Gasteiger partial charge in [0.05, 0.1) is 18.1 Å². The lowest BCUT2D eigenvalue weighted by Gasteiger charge is -2.45. The van der Waals surface area contributed by atoms with E-state index in [-0.39, 0.29) is 23.7 Å². The van der Waals surface area contributed by atoms with Crippen LogP contribution in [0.15, 0.2) is 120 Å². The summed E-state index contributed by atoms with van der Waals surface area (Å²) in [5.74, 6) is -0.912. The van der Waals surface area contributed by atoms with E-state index < -0.39 is 11.8 Å². The van der Waals surface area contributed by atoms with Gasteiger partial charge in [-0.25, -0.2) is 0 Å². The number of rotatable bonds is 5. The fourth-order valence-electron chi connectivity index (χ4n) is 7.16. The van der Waals surface area contributed by atoms with Crippen LogP contribution in [0.4, 0.5) is 0 Å². The molecule has 5 aromatic rings. The highest BCUT2D eigenvalue weighted by Crippen LogP contribution is 2.60. The Morgan fingerprint density at radius 3 is 1.88 bits per heavy atom. The molecule has 0 spiro atoms. The van der Waals surface area contributed by atoms with Crippen LogP contribution in [0.25, 0.3) is 10.8 Å². The fraction of sp³-hybridized carbons (Fsp3) is 0.139. The zero-order chi connectivity index (χ0) is 27.5. The van der Waals surface area contributed by atoms with Gasteiger partial charge < -0.3 is 4.74 Å². The molecule has 0 saturated carbocycles. The van der Waals surface area contributed by atoms with E-state index in [9.17, 15) is 9.59 Å². The zero-order valence-corrected chi connectivity index (χ0v) is 22.2. The Morgan fingerprint density at radius 2 is 1.22 bits per heavy atom. The molecule has 3 aliphatic carbocycles. The number of carbonyl (C=O) groups excluding carboxylic acids is 2. The topological polar surface area (TPSA) is 59.0 Å². The van der Waals surface area contributed by atoms with E-state index in [0.717, 1.165) is 38.4 Å². The Balaban J connectivity index is 1.06. The molecule has 41 heavy (non-hydrogen) atoms. The molecule has 1 fully saturated rings. The van der Waals surface area contributed by atoms with Gasteiger partial charge in [-0.2, -0.15) is 10.1 Å². The van der Waals surface area contributed by atoms with Crippen LogP contribution >= 0.6 is 0 Å². The Kier molecular flexibility index (Phi) is 5.39. The fourth-order valence-corrected chi connectivity index (χ4v) is 7.16. The minimum absolute atomic E-state index is 0.139. The lowest BCUT2D eigenvalue weighted by atomic mass is 9.55. The Morgan fingerprint density at radius 1 is 0.659 bits per heavy atom. The number of fused-ring (bicyclic) bond motifs is 1. The number of amides is 2. The molecule has 0 radical (unpaired) electrons. The van der Waals surface area contributed by atoms with Gasteiger partial charge in [0, 0.05) is 11.8 Å². The van der Waals surface area contributed by atoms with Crippen molar-refractivity contribution in [1.82, 2.24) is 5.01 Å². The van der Waals surface area contributed by atoms with Crippen molar-refractivity contribution in [2.45, 2.75) is 18.4 Å². The van der Waals surface area contributed by atoms with Gasteiger partial charge >= 0.3 is 0 Å². The first-order chi connectivity index (χ1) is 20.2. The predicted molar refractivity (Wildman–Crippen MR) is 158 cm³/mol. The number of carbonyl (C=O) groups is 2. The number of ether oxygens (including phenoxy) is 1. The lowest BCUT2D eigenvalue weighted by molar-refractivity contribution is -0.139. The maximum atomic E-state index is 13.8. The third kappa shape index (κ3) is 3.66. The van der Waals surface area contributed by atoms with Gasteiger partial charge in [-0.05, 0) is 56.3 Å². The molecule has 1 saturated heterocycles. The van der Waals surface area contributed by atoms with Gasteiger partial charge in [0.2, 0.25) is 0 Å². The quantitative estimate of drug-likeness (QED) is 0.188. The first kappa shape index (κ1) is 23.8. The van der Waals surface area contributed by atoms with Crippen molar-refractivity contribution < 1.29 is 14.3 Å². The van der Waals surface area contributed by atoms with E-state index in [1.807, 2.05) is 66.7 Å². The highest BCUT2D eigenvalue weighted by molar-refractivity contribution is 6.08. The summed E-state index contributed by atoms with van der Waals surface area (Å²) in [4.78, 5) is 27.6. The van der Waals surface area contributed by atoms with E-state index in [1.165, 1.54) is 10.8 Å². The second-order valence-electron chi connectivity index (χ2n) is 11.0. The molecular weight excluding hydrogens is 508 g/mol. The normalized spacial score (nSPS) is 22.2. The highest BCUT2D eigenvalue weighted by atomic mass is 16.5.